The maximum absolute atomic E-state index is 4.47. The Morgan fingerprint density at radius 3 is 2.94 bits per heavy atom. The molecule has 0 amide bonds. The van der Waals surface area contributed by atoms with Crippen LogP contribution < -0.4 is 5.32 Å². The molecule has 1 unspecified atom stereocenters. The van der Waals surface area contributed by atoms with Gasteiger partial charge in [0.15, 0.2) is 0 Å². The fourth-order valence-corrected chi connectivity index (χ4v) is 3.37. The number of aryl methyl sites for hydroxylation is 1. The van der Waals surface area contributed by atoms with E-state index in [2.05, 4.69) is 50.8 Å². The Hall–Kier alpha value is -0.650. The molecule has 2 rings (SSSR count). The molecular formula is C13H18BrN3S. The quantitative estimate of drug-likeness (QED) is 0.879. The Morgan fingerprint density at radius 1 is 1.56 bits per heavy atom. The SMILES string of the molecule is CCCNC(Cc1cc(Br)cs1)c1cn(C)cn1. The minimum absolute atomic E-state index is 0.302. The number of rotatable bonds is 6. The van der Waals surface area contributed by atoms with Gasteiger partial charge in [0, 0.05) is 34.4 Å². The van der Waals surface area contributed by atoms with Crippen LogP contribution in [0.15, 0.2) is 28.4 Å². The van der Waals surface area contributed by atoms with E-state index < -0.39 is 0 Å². The van der Waals surface area contributed by atoms with Gasteiger partial charge in [0.05, 0.1) is 18.1 Å². The largest absolute Gasteiger partial charge is 0.340 e. The molecule has 0 aliphatic heterocycles. The summed E-state index contributed by atoms with van der Waals surface area (Å²) >= 11 is 5.30. The van der Waals surface area contributed by atoms with Gasteiger partial charge in [-0.2, -0.15) is 0 Å². The predicted molar refractivity (Wildman–Crippen MR) is 80.0 cm³/mol. The fraction of sp³-hybridized carbons (Fsp3) is 0.462. The van der Waals surface area contributed by atoms with E-state index in [9.17, 15) is 0 Å². The Morgan fingerprint density at radius 2 is 2.39 bits per heavy atom. The van der Waals surface area contributed by atoms with Gasteiger partial charge in [0.1, 0.15) is 0 Å². The van der Waals surface area contributed by atoms with Gasteiger partial charge in [-0.15, -0.1) is 11.3 Å². The molecular weight excluding hydrogens is 310 g/mol. The molecule has 0 bridgehead atoms. The smallest absolute Gasteiger partial charge is 0.0947 e. The Balaban J connectivity index is 2.09. The zero-order valence-corrected chi connectivity index (χ0v) is 13.1. The number of hydrogen-bond acceptors (Lipinski definition) is 3. The maximum atomic E-state index is 4.47. The number of thiophene rings is 1. The minimum Gasteiger partial charge on any atom is -0.340 e. The molecule has 98 valence electrons. The second-order valence-electron chi connectivity index (χ2n) is 4.41. The first-order valence-corrected chi connectivity index (χ1v) is 7.80. The van der Waals surface area contributed by atoms with E-state index in [1.54, 1.807) is 11.3 Å². The van der Waals surface area contributed by atoms with Gasteiger partial charge >= 0.3 is 0 Å². The first-order valence-electron chi connectivity index (χ1n) is 6.13. The third kappa shape index (κ3) is 3.67. The van der Waals surface area contributed by atoms with Crippen LogP contribution in [0.3, 0.4) is 0 Å². The molecule has 5 heteroatoms. The molecule has 0 aliphatic carbocycles. The van der Waals surface area contributed by atoms with Crippen LogP contribution >= 0.6 is 27.3 Å². The summed E-state index contributed by atoms with van der Waals surface area (Å²) in [6.07, 6.45) is 6.08. The molecule has 3 nitrogen and oxygen atoms in total. The highest BCUT2D eigenvalue weighted by atomic mass is 79.9. The summed E-state index contributed by atoms with van der Waals surface area (Å²) in [5.74, 6) is 0. The van der Waals surface area contributed by atoms with Gasteiger partial charge in [0.2, 0.25) is 0 Å². The van der Waals surface area contributed by atoms with Crippen molar-refractivity contribution in [1.82, 2.24) is 14.9 Å². The Bertz CT molecular complexity index is 492. The van der Waals surface area contributed by atoms with Crippen LogP contribution in [-0.4, -0.2) is 16.1 Å². The second-order valence-corrected chi connectivity index (χ2v) is 6.32. The zero-order valence-electron chi connectivity index (χ0n) is 10.7. The van der Waals surface area contributed by atoms with Gasteiger partial charge < -0.3 is 9.88 Å². The normalized spacial score (nSPS) is 12.8. The third-order valence-corrected chi connectivity index (χ3v) is 4.47. The molecule has 0 saturated heterocycles. The minimum atomic E-state index is 0.302. The number of imidazole rings is 1. The van der Waals surface area contributed by atoms with Crippen molar-refractivity contribution in [2.24, 2.45) is 7.05 Å². The summed E-state index contributed by atoms with van der Waals surface area (Å²) in [6.45, 7) is 3.21. The molecule has 2 heterocycles. The summed E-state index contributed by atoms with van der Waals surface area (Å²) in [7, 11) is 2.01. The van der Waals surface area contributed by atoms with Crippen molar-refractivity contribution in [3.05, 3.63) is 39.0 Å². The average Bonchev–Trinajstić information content (AvgIpc) is 2.93. The van der Waals surface area contributed by atoms with Crippen LogP contribution in [0.25, 0.3) is 0 Å². The molecule has 0 spiro atoms. The van der Waals surface area contributed by atoms with E-state index in [1.807, 2.05) is 17.9 Å². The van der Waals surface area contributed by atoms with Crippen molar-refractivity contribution in [3.8, 4) is 0 Å². The van der Waals surface area contributed by atoms with E-state index in [-0.39, 0.29) is 0 Å². The molecule has 0 aliphatic rings. The van der Waals surface area contributed by atoms with E-state index in [4.69, 9.17) is 0 Å². The number of nitrogens with zero attached hydrogens (tertiary/aromatic N) is 2. The van der Waals surface area contributed by atoms with Gasteiger partial charge in [-0.05, 0) is 35.0 Å². The topological polar surface area (TPSA) is 29.9 Å². The first-order chi connectivity index (χ1) is 8.69. The molecule has 18 heavy (non-hydrogen) atoms. The van der Waals surface area contributed by atoms with Crippen LogP contribution in [0.2, 0.25) is 0 Å². The monoisotopic (exact) mass is 327 g/mol. The average molecular weight is 328 g/mol. The summed E-state index contributed by atoms with van der Waals surface area (Å²) in [6, 6.07) is 2.49. The first kappa shape index (κ1) is 13.8. The van der Waals surface area contributed by atoms with Crippen molar-refractivity contribution in [2.45, 2.75) is 25.8 Å². The standard InChI is InChI=1S/C13H18BrN3S/c1-3-4-15-12(13-7-17(2)9-16-13)6-11-5-10(14)8-18-11/h5,7-9,12,15H,3-4,6H2,1-2H3. The van der Waals surface area contributed by atoms with Crippen LogP contribution in [-0.2, 0) is 13.5 Å². The molecule has 0 saturated carbocycles. The predicted octanol–water partition coefficient (Wildman–Crippen LogP) is 3.53. The van der Waals surface area contributed by atoms with Crippen molar-refractivity contribution in [3.63, 3.8) is 0 Å². The Labute approximate surface area is 120 Å². The molecule has 1 N–H and O–H groups in total. The lowest BCUT2D eigenvalue weighted by atomic mass is 10.1. The molecule has 0 radical (unpaired) electrons. The maximum Gasteiger partial charge on any atom is 0.0947 e. The van der Waals surface area contributed by atoms with Crippen LogP contribution in [0.4, 0.5) is 0 Å². The molecule has 2 aromatic rings. The van der Waals surface area contributed by atoms with Crippen LogP contribution in [0.1, 0.15) is 30.0 Å². The number of aromatic nitrogens is 2. The lowest BCUT2D eigenvalue weighted by molar-refractivity contribution is 0.522. The van der Waals surface area contributed by atoms with Crippen molar-refractivity contribution >= 4 is 27.3 Å². The van der Waals surface area contributed by atoms with E-state index >= 15 is 0 Å². The van der Waals surface area contributed by atoms with Crippen molar-refractivity contribution in [1.29, 1.82) is 0 Å². The molecule has 1 atom stereocenters. The molecule has 0 aromatic carbocycles. The fourth-order valence-electron chi connectivity index (χ4n) is 1.87. The highest BCUT2D eigenvalue weighted by Crippen LogP contribution is 2.25. The van der Waals surface area contributed by atoms with Gasteiger partial charge in [-0.3, -0.25) is 0 Å². The molecule has 0 fully saturated rings. The van der Waals surface area contributed by atoms with Crippen molar-refractivity contribution in [2.75, 3.05) is 6.54 Å². The summed E-state index contributed by atoms with van der Waals surface area (Å²) in [5.41, 5.74) is 1.12. The van der Waals surface area contributed by atoms with Gasteiger partial charge in [-0.25, -0.2) is 4.98 Å². The lowest BCUT2D eigenvalue weighted by Gasteiger charge is -2.15. The van der Waals surface area contributed by atoms with Crippen LogP contribution in [0, 0.1) is 0 Å². The summed E-state index contributed by atoms with van der Waals surface area (Å²) in [5, 5.41) is 5.70. The zero-order chi connectivity index (χ0) is 13.0. The van der Waals surface area contributed by atoms with Gasteiger partial charge in [0.25, 0.3) is 0 Å². The highest BCUT2D eigenvalue weighted by Gasteiger charge is 2.15. The van der Waals surface area contributed by atoms with E-state index in [1.165, 1.54) is 4.88 Å². The Kier molecular flexibility index (Phi) is 4.97. The van der Waals surface area contributed by atoms with E-state index in [0.29, 0.717) is 6.04 Å². The molecule has 2 aromatic heterocycles. The highest BCUT2D eigenvalue weighted by molar-refractivity contribution is 9.10. The number of halogens is 1. The summed E-state index contributed by atoms with van der Waals surface area (Å²) < 4.78 is 3.16. The lowest BCUT2D eigenvalue weighted by Crippen LogP contribution is -2.24. The second kappa shape index (κ2) is 6.50. The summed E-state index contributed by atoms with van der Waals surface area (Å²) in [4.78, 5) is 5.84. The van der Waals surface area contributed by atoms with Gasteiger partial charge in [-0.1, -0.05) is 6.92 Å². The van der Waals surface area contributed by atoms with Crippen LogP contribution in [0.5, 0.6) is 0 Å². The van der Waals surface area contributed by atoms with E-state index in [0.717, 1.165) is 29.6 Å². The number of nitrogens with one attached hydrogen (secondary N) is 1. The number of hydrogen-bond donors (Lipinski definition) is 1. The third-order valence-electron chi connectivity index (χ3n) is 2.75. The van der Waals surface area contributed by atoms with Crippen molar-refractivity contribution < 1.29 is 0 Å².